The van der Waals surface area contributed by atoms with Gasteiger partial charge in [0.05, 0.1) is 11.7 Å². The van der Waals surface area contributed by atoms with Crippen LogP contribution in [-0.2, 0) is 11.2 Å². The minimum atomic E-state index is -0.0247. The number of nitrogens with zero attached hydrogens (tertiary/aromatic N) is 1. The van der Waals surface area contributed by atoms with Gasteiger partial charge in [-0.25, -0.2) is 0 Å². The quantitative estimate of drug-likeness (QED) is 0.884. The summed E-state index contributed by atoms with van der Waals surface area (Å²) in [6.45, 7) is 9.71. The van der Waals surface area contributed by atoms with Gasteiger partial charge >= 0.3 is 0 Å². The summed E-state index contributed by atoms with van der Waals surface area (Å²) in [6, 6.07) is 9.19. The van der Waals surface area contributed by atoms with Crippen molar-refractivity contribution in [1.82, 2.24) is 4.90 Å². The number of para-hydroxylation sites is 1. The Kier molecular flexibility index (Phi) is 3.27. The molecule has 3 nitrogen and oxygen atoms in total. The van der Waals surface area contributed by atoms with Gasteiger partial charge in [0.2, 0.25) is 0 Å². The van der Waals surface area contributed by atoms with E-state index in [1.807, 2.05) is 0 Å². The lowest BCUT2D eigenvalue weighted by molar-refractivity contribution is -0.129. The van der Waals surface area contributed by atoms with Crippen LogP contribution in [0.4, 0.5) is 5.69 Å². The second-order valence-electron chi connectivity index (χ2n) is 6.58. The maximum absolute atomic E-state index is 5.97. The molecule has 0 spiro atoms. The molecule has 1 aromatic rings. The Morgan fingerprint density at radius 3 is 2.89 bits per heavy atom. The average Bonchev–Trinajstić information content (AvgIpc) is 2.67. The SMILES string of the molecule is CC1CN(CC2Cc3ccccc3N2)CC(C)(C)O1. The van der Waals surface area contributed by atoms with Crippen molar-refractivity contribution in [1.29, 1.82) is 0 Å². The summed E-state index contributed by atoms with van der Waals surface area (Å²) in [7, 11) is 0. The Balaban J connectivity index is 1.61. The molecule has 1 N–H and O–H groups in total. The molecule has 104 valence electrons. The summed E-state index contributed by atoms with van der Waals surface area (Å²) < 4.78 is 5.97. The molecule has 2 aliphatic rings. The lowest BCUT2D eigenvalue weighted by atomic mass is 10.0. The van der Waals surface area contributed by atoms with Crippen molar-refractivity contribution in [3.63, 3.8) is 0 Å². The maximum atomic E-state index is 5.97. The van der Waals surface area contributed by atoms with E-state index in [1.54, 1.807) is 0 Å². The highest BCUT2D eigenvalue weighted by molar-refractivity contribution is 5.56. The molecular formula is C16H24N2O. The van der Waals surface area contributed by atoms with Gasteiger partial charge in [-0.2, -0.15) is 0 Å². The topological polar surface area (TPSA) is 24.5 Å². The number of fused-ring (bicyclic) bond motifs is 1. The Morgan fingerprint density at radius 1 is 1.37 bits per heavy atom. The fourth-order valence-corrected chi connectivity index (χ4v) is 3.52. The fraction of sp³-hybridized carbons (Fsp3) is 0.625. The van der Waals surface area contributed by atoms with Crippen LogP contribution in [0.3, 0.4) is 0 Å². The predicted octanol–water partition coefficient (Wildman–Crippen LogP) is 2.52. The summed E-state index contributed by atoms with van der Waals surface area (Å²) in [6.07, 6.45) is 1.47. The summed E-state index contributed by atoms with van der Waals surface area (Å²) in [5.74, 6) is 0. The second kappa shape index (κ2) is 4.80. The molecule has 0 bridgehead atoms. The number of anilines is 1. The summed E-state index contributed by atoms with van der Waals surface area (Å²) >= 11 is 0. The van der Waals surface area contributed by atoms with Gasteiger partial charge in [-0.3, -0.25) is 4.90 Å². The van der Waals surface area contributed by atoms with E-state index in [0.29, 0.717) is 12.1 Å². The van der Waals surface area contributed by atoms with E-state index in [9.17, 15) is 0 Å². The summed E-state index contributed by atoms with van der Waals surface area (Å²) in [4.78, 5) is 2.54. The van der Waals surface area contributed by atoms with Gasteiger partial charge in [-0.05, 0) is 38.8 Å². The Labute approximate surface area is 115 Å². The number of hydrogen-bond donors (Lipinski definition) is 1. The van der Waals surface area contributed by atoms with Crippen LogP contribution in [0.2, 0.25) is 0 Å². The number of ether oxygens (including phenoxy) is 1. The second-order valence-corrected chi connectivity index (χ2v) is 6.58. The molecule has 1 fully saturated rings. The average molecular weight is 260 g/mol. The first-order valence-electron chi connectivity index (χ1n) is 7.26. The zero-order valence-corrected chi connectivity index (χ0v) is 12.1. The van der Waals surface area contributed by atoms with Crippen molar-refractivity contribution in [3.8, 4) is 0 Å². The van der Waals surface area contributed by atoms with Crippen LogP contribution in [0.1, 0.15) is 26.3 Å². The standard InChI is InChI=1S/C16H24N2O/c1-12-9-18(11-16(2,3)19-12)10-14-8-13-6-4-5-7-15(13)17-14/h4-7,12,14,17H,8-11H2,1-3H3. The van der Waals surface area contributed by atoms with Crippen LogP contribution in [0.15, 0.2) is 24.3 Å². The molecule has 0 amide bonds. The monoisotopic (exact) mass is 260 g/mol. The van der Waals surface area contributed by atoms with Gasteiger partial charge in [-0.1, -0.05) is 18.2 Å². The normalized spacial score (nSPS) is 29.8. The Morgan fingerprint density at radius 2 is 2.16 bits per heavy atom. The number of benzene rings is 1. The summed E-state index contributed by atoms with van der Waals surface area (Å²) in [5, 5.41) is 3.64. The first-order valence-corrected chi connectivity index (χ1v) is 7.26. The lowest BCUT2D eigenvalue weighted by Crippen LogP contribution is -2.54. The van der Waals surface area contributed by atoms with Gasteiger partial charge in [0, 0.05) is 31.4 Å². The molecule has 3 rings (SSSR count). The van der Waals surface area contributed by atoms with Crippen molar-refractivity contribution < 1.29 is 4.74 Å². The minimum absolute atomic E-state index is 0.0247. The van der Waals surface area contributed by atoms with Crippen molar-refractivity contribution in [2.75, 3.05) is 25.0 Å². The summed E-state index contributed by atoms with van der Waals surface area (Å²) in [5.41, 5.74) is 2.74. The molecule has 0 radical (unpaired) electrons. The molecule has 0 saturated carbocycles. The highest BCUT2D eigenvalue weighted by Crippen LogP contribution is 2.27. The van der Waals surface area contributed by atoms with Crippen molar-refractivity contribution >= 4 is 5.69 Å². The first kappa shape index (κ1) is 12.9. The Hall–Kier alpha value is -1.06. The molecule has 1 saturated heterocycles. The molecule has 1 aromatic carbocycles. The molecule has 2 unspecified atom stereocenters. The number of hydrogen-bond acceptors (Lipinski definition) is 3. The first-order chi connectivity index (χ1) is 9.02. The van der Waals surface area contributed by atoms with E-state index in [0.717, 1.165) is 26.1 Å². The van der Waals surface area contributed by atoms with E-state index in [2.05, 4.69) is 55.3 Å². The van der Waals surface area contributed by atoms with Gasteiger partial charge < -0.3 is 10.1 Å². The van der Waals surface area contributed by atoms with Crippen molar-refractivity contribution in [2.24, 2.45) is 0 Å². The third-order valence-corrected chi connectivity index (χ3v) is 3.96. The molecular weight excluding hydrogens is 236 g/mol. The fourth-order valence-electron chi connectivity index (χ4n) is 3.52. The van der Waals surface area contributed by atoms with Gasteiger partial charge in [0.25, 0.3) is 0 Å². The third-order valence-electron chi connectivity index (χ3n) is 3.96. The van der Waals surface area contributed by atoms with E-state index in [4.69, 9.17) is 4.74 Å². The largest absolute Gasteiger partial charge is 0.380 e. The highest BCUT2D eigenvalue weighted by atomic mass is 16.5. The van der Waals surface area contributed by atoms with Gasteiger partial charge in [0.1, 0.15) is 0 Å². The van der Waals surface area contributed by atoms with Crippen LogP contribution in [0, 0.1) is 0 Å². The van der Waals surface area contributed by atoms with Gasteiger partial charge in [-0.15, -0.1) is 0 Å². The minimum Gasteiger partial charge on any atom is -0.380 e. The molecule has 2 heterocycles. The number of morpholine rings is 1. The van der Waals surface area contributed by atoms with E-state index in [1.165, 1.54) is 11.3 Å². The smallest absolute Gasteiger partial charge is 0.0757 e. The van der Waals surface area contributed by atoms with Crippen molar-refractivity contribution in [3.05, 3.63) is 29.8 Å². The molecule has 2 aliphatic heterocycles. The molecule has 0 aromatic heterocycles. The highest BCUT2D eigenvalue weighted by Gasteiger charge is 2.33. The van der Waals surface area contributed by atoms with E-state index < -0.39 is 0 Å². The molecule has 0 aliphatic carbocycles. The predicted molar refractivity (Wildman–Crippen MR) is 78.6 cm³/mol. The van der Waals surface area contributed by atoms with Crippen LogP contribution in [0.5, 0.6) is 0 Å². The van der Waals surface area contributed by atoms with E-state index >= 15 is 0 Å². The van der Waals surface area contributed by atoms with Crippen LogP contribution < -0.4 is 5.32 Å². The zero-order valence-electron chi connectivity index (χ0n) is 12.1. The van der Waals surface area contributed by atoms with Crippen LogP contribution in [0.25, 0.3) is 0 Å². The zero-order chi connectivity index (χ0) is 13.5. The lowest BCUT2D eigenvalue weighted by Gasteiger charge is -2.42. The van der Waals surface area contributed by atoms with Crippen LogP contribution in [-0.4, -0.2) is 42.3 Å². The van der Waals surface area contributed by atoms with Gasteiger partial charge in [0.15, 0.2) is 0 Å². The van der Waals surface area contributed by atoms with Crippen LogP contribution >= 0.6 is 0 Å². The van der Waals surface area contributed by atoms with E-state index in [-0.39, 0.29) is 5.60 Å². The number of nitrogens with one attached hydrogen (secondary N) is 1. The molecule has 3 heteroatoms. The third kappa shape index (κ3) is 2.93. The molecule has 2 atom stereocenters. The maximum Gasteiger partial charge on any atom is 0.0757 e. The Bertz CT molecular complexity index is 433. The molecule has 19 heavy (non-hydrogen) atoms. The van der Waals surface area contributed by atoms with Crippen molar-refractivity contribution in [2.45, 2.75) is 44.9 Å². The number of rotatable bonds is 2.